The molecule has 2 aliphatic carbocycles. The summed E-state index contributed by atoms with van der Waals surface area (Å²) in [5.41, 5.74) is 0. The van der Waals surface area contributed by atoms with Crippen LogP contribution in [0.25, 0.3) is 0 Å². The van der Waals surface area contributed by atoms with E-state index >= 15 is 0 Å². The first kappa shape index (κ1) is 23.4. The van der Waals surface area contributed by atoms with Crippen LogP contribution in [0, 0.1) is 29.6 Å². The minimum Gasteiger partial charge on any atom is -0.465 e. The molecule has 28 heavy (non-hydrogen) atoms. The van der Waals surface area contributed by atoms with Gasteiger partial charge < -0.3 is 14.2 Å². The second-order valence-corrected chi connectivity index (χ2v) is 9.74. The van der Waals surface area contributed by atoms with E-state index in [0.717, 1.165) is 49.0 Å². The van der Waals surface area contributed by atoms with Crippen LogP contribution >= 0.6 is 21.6 Å². The van der Waals surface area contributed by atoms with Crippen LogP contribution in [0.1, 0.15) is 51.9 Å². The molecule has 0 aromatic rings. The monoisotopic (exact) mass is 428 g/mol. The van der Waals surface area contributed by atoms with Gasteiger partial charge in [-0.3, -0.25) is 9.59 Å². The van der Waals surface area contributed by atoms with Gasteiger partial charge in [-0.25, -0.2) is 0 Å². The van der Waals surface area contributed by atoms with Gasteiger partial charge in [0.15, 0.2) is 0 Å². The number of rotatable bonds is 14. The molecule has 0 aliphatic heterocycles. The van der Waals surface area contributed by atoms with Crippen LogP contribution in [-0.2, 0) is 23.8 Å². The highest BCUT2D eigenvalue weighted by Crippen LogP contribution is 2.52. The summed E-state index contributed by atoms with van der Waals surface area (Å²) in [5.74, 6) is 9.83. The molecule has 0 spiro atoms. The average Bonchev–Trinajstić information content (AvgIpc) is 3.33. The molecule has 0 radical (unpaired) electrons. The lowest BCUT2D eigenvalue weighted by Gasteiger charge is -2.06. The molecule has 2 atom stereocenters. The van der Waals surface area contributed by atoms with E-state index in [1.165, 1.54) is 0 Å². The Balaban J connectivity index is 1.34. The van der Waals surface area contributed by atoms with Crippen LogP contribution in [0.15, 0.2) is 0 Å². The molecule has 0 saturated heterocycles. The van der Waals surface area contributed by atoms with E-state index in [4.69, 9.17) is 14.2 Å². The maximum atomic E-state index is 11.9. The smallest absolute Gasteiger partial charge is 0.305 e. The number of fused-ring (bicyclic) bond motifs is 1. The Morgan fingerprint density at radius 3 is 2.29 bits per heavy atom. The topological polar surface area (TPSA) is 61.8 Å². The van der Waals surface area contributed by atoms with Crippen LogP contribution in [0.3, 0.4) is 0 Å². The lowest BCUT2D eigenvalue weighted by atomic mass is 10.1. The highest BCUT2D eigenvalue weighted by Gasteiger charge is 2.49. The summed E-state index contributed by atoms with van der Waals surface area (Å²) in [4.78, 5) is 22.8. The number of esters is 2. The van der Waals surface area contributed by atoms with Gasteiger partial charge in [-0.1, -0.05) is 28.5 Å². The van der Waals surface area contributed by atoms with Gasteiger partial charge in [0, 0.05) is 43.8 Å². The fourth-order valence-electron chi connectivity index (χ4n) is 3.47. The van der Waals surface area contributed by atoms with E-state index in [0.29, 0.717) is 51.6 Å². The van der Waals surface area contributed by atoms with E-state index in [-0.39, 0.29) is 11.9 Å². The number of carbonyl (C=O) groups excluding carboxylic acids is 2. The van der Waals surface area contributed by atoms with Gasteiger partial charge in [0.25, 0.3) is 0 Å². The van der Waals surface area contributed by atoms with Crippen molar-refractivity contribution in [3.05, 3.63) is 0 Å². The van der Waals surface area contributed by atoms with Gasteiger partial charge in [0.05, 0.1) is 13.2 Å². The molecule has 158 valence electrons. The van der Waals surface area contributed by atoms with Crippen molar-refractivity contribution in [1.29, 1.82) is 0 Å². The van der Waals surface area contributed by atoms with Crippen molar-refractivity contribution in [3.8, 4) is 11.8 Å². The molecule has 2 aliphatic rings. The molecular weight excluding hydrogens is 396 g/mol. The Bertz CT molecular complexity index is 525. The highest BCUT2D eigenvalue weighted by atomic mass is 33.1. The van der Waals surface area contributed by atoms with E-state index in [1.807, 2.05) is 0 Å². The number of carbonyl (C=O) groups is 2. The molecule has 2 unspecified atom stereocenters. The number of ether oxygens (including phenoxy) is 3. The first-order valence-electron chi connectivity index (χ1n) is 10.3. The van der Waals surface area contributed by atoms with Crippen LogP contribution in [0.5, 0.6) is 0 Å². The SMILES string of the molecule is CCC(=O)OCCSSCCOCCCC(=O)OCC1C2CCC#CCCC21. The Hall–Kier alpha value is -0.840. The Morgan fingerprint density at radius 2 is 1.61 bits per heavy atom. The second-order valence-electron chi connectivity index (χ2n) is 7.04. The van der Waals surface area contributed by atoms with Crippen LogP contribution in [0.4, 0.5) is 0 Å². The molecule has 7 heteroatoms. The molecule has 0 amide bonds. The largest absolute Gasteiger partial charge is 0.465 e. The predicted octanol–water partition coefficient (Wildman–Crippen LogP) is 4.10. The molecule has 5 nitrogen and oxygen atoms in total. The van der Waals surface area contributed by atoms with Gasteiger partial charge in [-0.15, -0.1) is 11.8 Å². The standard InChI is InChI=1S/C21H32O5S2/c1-2-20(22)25-13-15-28-27-14-12-24-11-7-10-21(23)26-16-19-17-8-5-3-4-6-9-18(17)19/h17-19H,2,5-16H2,1H3. The van der Waals surface area contributed by atoms with E-state index in [1.54, 1.807) is 28.5 Å². The average molecular weight is 429 g/mol. The first-order valence-corrected chi connectivity index (χ1v) is 12.8. The molecule has 0 heterocycles. The minimum absolute atomic E-state index is 0.106. The van der Waals surface area contributed by atoms with Gasteiger partial charge >= 0.3 is 11.9 Å². The molecule has 0 aromatic carbocycles. The zero-order chi connectivity index (χ0) is 20.0. The summed E-state index contributed by atoms with van der Waals surface area (Å²) >= 11 is 0. The van der Waals surface area contributed by atoms with E-state index in [9.17, 15) is 9.59 Å². The lowest BCUT2D eigenvalue weighted by molar-refractivity contribution is -0.145. The number of hydrogen-bond acceptors (Lipinski definition) is 7. The number of hydrogen-bond donors (Lipinski definition) is 0. The summed E-state index contributed by atoms with van der Waals surface area (Å²) < 4.78 is 16.0. The van der Waals surface area contributed by atoms with E-state index < -0.39 is 0 Å². The van der Waals surface area contributed by atoms with Crippen molar-refractivity contribution >= 4 is 33.5 Å². The molecule has 0 aromatic heterocycles. The fourth-order valence-corrected chi connectivity index (χ4v) is 5.16. The van der Waals surface area contributed by atoms with Crippen LogP contribution in [-0.4, -0.2) is 49.9 Å². The molecule has 0 bridgehead atoms. The molecule has 0 N–H and O–H groups in total. The normalized spacial score (nSPS) is 22.8. The molecule has 1 saturated carbocycles. The first-order chi connectivity index (χ1) is 13.7. The Morgan fingerprint density at radius 1 is 0.929 bits per heavy atom. The van der Waals surface area contributed by atoms with Crippen molar-refractivity contribution in [3.63, 3.8) is 0 Å². The third-order valence-electron chi connectivity index (χ3n) is 5.06. The summed E-state index contributed by atoms with van der Waals surface area (Å²) in [6.07, 6.45) is 5.86. The van der Waals surface area contributed by atoms with Crippen LogP contribution < -0.4 is 0 Å². The Kier molecular flexibility index (Phi) is 11.9. The summed E-state index contributed by atoms with van der Waals surface area (Å²) in [5, 5.41) is 0. The molecular formula is C21H32O5S2. The van der Waals surface area contributed by atoms with Crippen LogP contribution in [0.2, 0.25) is 0 Å². The maximum Gasteiger partial charge on any atom is 0.305 e. The Labute approximate surface area is 176 Å². The van der Waals surface area contributed by atoms with Crippen molar-refractivity contribution in [2.45, 2.75) is 51.9 Å². The van der Waals surface area contributed by atoms with E-state index in [2.05, 4.69) is 11.8 Å². The third kappa shape index (κ3) is 9.58. The summed E-state index contributed by atoms with van der Waals surface area (Å²) in [6.45, 7) is 4.08. The lowest BCUT2D eigenvalue weighted by Crippen LogP contribution is -2.10. The van der Waals surface area contributed by atoms with Crippen molar-refractivity contribution in [2.24, 2.45) is 17.8 Å². The summed E-state index contributed by atoms with van der Waals surface area (Å²) in [7, 11) is 3.39. The maximum absolute atomic E-state index is 11.9. The highest BCUT2D eigenvalue weighted by molar-refractivity contribution is 8.76. The van der Waals surface area contributed by atoms with Gasteiger partial charge in [0.2, 0.25) is 0 Å². The second kappa shape index (κ2) is 14.2. The van der Waals surface area contributed by atoms with Gasteiger partial charge in [-0.05, 0) is 37.0 Å². The zero-order valence-corrected chi connectivity index (χ0v) is 18.4. The zero-order valence-electron chi connectivity index (χ0n) is 16.8. The van der Waals surface area contributed by atoms with Gasteiger partial charge in [0.1, 0.15) is 6.61 Å². The van der Waals surface area contributed by atoms with Gasteiger partial charge in [-0.2, -0.15) is 0 Å². The fraction of sp³-hybridized carbons (Fsp3) is 0.810. The van der Waals surface area contributed by atoms with Crippen molar-refractivity contribution < 1.29 is 23.8 Å². The summed E-state index contributed by atoms with van der Waals surface area (Å²) in [6, 6.07) is 0. The molecule has 2 rings (SSSR count). The van der Waals surface area contributed by atoms with Crippen molar-refractivity contribution in [1.82, 2.24) is 0 Å². The minimum atomic E-state index is -0.150. The van der Waals surface area contributed by atoms with Crippen molar-refractivity contribution in [2.75, 3.05) is 37.9 Å². The quantitative estimate of drug-likeness (QED) is 0.179. The predicted molar refractivity (Wildman–Crippen MR) is 114 cm³/mol. The third-order valence-corrected chi connectivity index (χ3v) is 7.39. The molecule has 1 fully saturated rings.